The Morgan fingerprint density at radius 1 is 1.10 bits per heavy atom. The van der Waals surface area contributed by atoms with E-state index < -0.39 is 23.7 Å². The Kier molecular flexibility index (Phi) is 3.14. The van der Waals surface area contributed by atoms with E-state index in [2.05, 4.69) is 0 Å². The van der Waals surface area contributed by atoms with Crippen LogP contribution in [0.5, 0.6) is 0 Å². The van der Waals surface area contributed by atoms with Gasteiger partial charge in [0.05, 0.1) is 6.04 Å². The van der Waals surface area contributed by atoms with Crippen molar-refractivity contribution < 1.29 is 19.5 Å². The molecule has 1 aromatic rings. The molecule has 1 aromatic carbocycles. The van der Waals surface area contributed by atoms with Gasteiger partial charge in [-0.1, -0.05) is 18.2 Å². The second-order valence-electron chi connectivity index (χ2n) is 5.23. The number of hydrogen-bond acceptors (Lipinski definition) is 4. The van der Waals surface area contributed by atoms with E-state index in [0.717, 1.165) is 5.56 Å². The summed E-state index contributed by atoms with van der Waals surface area (Å²) in [5.41, 5.74) is 1.59. The fourth-order valence-electron chi connectivity index (χ4n) is 2.95. The Labute approximate surface area is 116 Å². The lowest BCUT2D eigenvalue weighted by molar-refractivity contribution is -0.145. The third-order valence-corrected chi connectivity index (χ3v) is 4.07. The summed E-state index contributed by atoms with van der Waals surface area (Å²) in [6.45, 7) is 0.452. The van der Waals surface area contributed by atoms with Gasteiger partial charge in [0.1, 0.15) is 0 Å². The molecule has 5 nitrogen and oxygen atoms in total. The van der Waals surface area contributed by atoms with E-state index in [1.807, 2.05) is 12.1 Å². The van der Waals surface area contributed by atoms with Gasteiger partial charge in [0.25, 0.3) is 5.91 Å². The van der Waals surface area contributed by atoms with Crippen molar-refractivity contribution in [1.82, 2.24) is 4.90 Å². The van der Waals surface area contributed by atoms with Gasteiger partial charge in [0, 0.05) is 18.5 Å². The van der Waals surface area contributed by atoms with E-state index in [4.69, 9.17) is 0 Å². The summed E-state index contributed by atoms with van der Waals surface area (Å²) < 4.78 is 0. The number of carbonyl (C=O) groups excluding carboxylic acids is 3. The molecule has 0 bridgehead atoms. The van der Waals surface area contributed by atoms with Crippen LogP contribution in [0.3, 0.4) is 0 Å². The van der Waals surface area contributed by atoms with E-state index >= 15 is 0 Å². The van der Waals surface area contributed by atoms with Crippen LogP contribution in [0.25, 0.3) is 0 Å². The lowest BCUT2D eigenvalue weighted by atomic mass is 9.87. The highest BCUT2D eigenvalue weighted by Crippen LogP contribution is 2.25. The molecule has 0 saturated heterocycles. The molecule has 1 saturated carbocycles. The number of benzene rings is 1. The molecule has 0 aromatic heterocycles. The van der Waals surface area contributed by atoms with Crippen molar-refractivity contribution in [1.29, 1.82) is 0 Å². The fraction of sp³-hybridized carbons (Fsp3) is 0.400. The maximum atomic E-state index is 12.5. The second-order valence-corrected chi connectivity index (χ2v) is 5.23. The number of rotatable bonds is 1. The van der Waals surface area contributed by atoms with Gasteiger partial charge in [0.15, 0.2) is 17.7 Å². The van der Waals surface area contributed by atoms with Crippen molar-refractivity contribution in [3.63, 3.8) is 0 Å². The van der Waals surface area contributed by atoms with Gasteiger partial charge in [-0.25, -0.2) is 0 Å². The van der Waals surface area contributed by atoms with E-state index in [1.54, 1.807) is 12.1 Å². The third kappa shape index (κ3) is 1.94. The summed E-state index contributed by atoms with van der Waals surface area (Å²) in [7, 11) is 0. The molecule has 1 aliphatic carbocycles. The predicted octanol–water partition coefficient (Wildman–Crippen LogP) is 0.346. The maximum Gasteiger partial charge on any atom is 0.254 e. The normalized spacial score (nSPS) is 26.6. The highest BCUT2D eigenvalue weighted by molar-refractivity contribution is 6.11. The topological polar surface area (TPSA) is 74.7 Å². The summed E-state index contributed by atoms with van der Waals surface area (Å²) in [6, 6.07) is 6.66. The molecule has 1 heterocycles. The molecular weight excluding hydrogens is 258 g/mol. The van der Waals surface area contributed by atoms with E-state index in [9.17, 15) is 19.5 Å². The Morgan fingerprint density at radius 3 is 2.65 bits per heavy atom. The fourth-order valence-corrected chi connectivity index (χ4v) is 2.95. The molecule has 2 atom stereocenters. The molecule has 104 valence electrons. The van der Waals surface area contributed by atoms with Gasteiger partial charge in [-0.2, -0.15) is 0 Å². The van der Waals surface area contributed by atoms with Crippen molar-refractivity contribution in [2.45, 2.75) is 31.4 Å². The van der Waals surface area contributed by atoms with E-state index in [-0.39, 0.29) is 12.3 Å². The lowest BCUT2D eigenvalue weighted by Crippen LogP contribution is -2.55. The van der Waals surface area contributed by atoms with E-state index in [1.165, 1.54) is 4.90 Å². The van der Waals surface area contributed by atoms with Crippen LogP contribution < -0.4 is 0 Å². The smallest absolute Gasteiger partial charge is 0.254 e. The van der Waals surface area contributed by atoms with Crippen LogP contribution in [0.15, 0.2) is 24.3 Å². The molecule has 0 radical (unpaired) electrons. The van der Waals surface area contributed by atoms with Crippen LogP contribution >= 0.6 is 0 Å². The van der Waals surface area contributed by atoms with Gasteiger partial charge in [-0.15, -0.1) is 0 Å². The van der Waals surface area contributed by atoms with Crippen molar-refractivity contribution in [2.24, 2.45) is 0 Å². The number of aliphatic hydroxyl groups is 1. The number of aliphatic hydroxyl groups excluding tert-OH is 1. The number of Topliss-reactive ketones (excluding diaryl/α,β-unsaturated/α-hetero) is 2. The molecular formula is C15H15NO4. The summed E-state index contributed by atoms with van der Waals surface area (Å²) in [5.74, 6) is -1.18. The molecule has 1 aliphatic heterocycles. The zero-order valence-electron chi connectivity index (χ0n) is 10.9. The van der Waals surface area contributed by atoms with Crippen LogP contribution in [0.4, 0.5) is 0 Å². The van der Waals surface area contributed by atoms with Gasteiger partial charge < -0.3 is 10.0 Å². The summed E-state index contributed by atoms with van der Waals surface area (Å²) in [5, 5.41) is 9.59. The highest BCUT2D eigenvalue weighted by atomic mass is 16.3. The molecule has 1 fully saturated rings. The molecule has 2 aliphatic rings. The van der Waals surface area contributed by atoms with Crippen LogP contribution in [-0.2, 0) is 16.0 Å². The quantitative estimate of drug-likeness (QED) is 0.749. The minimum Gasteiger partial charge on any atom is -0.377 e. The average molecular weight is 273 g/mol. The van der Waals surface area contributed by atoms with Gasteiger partial charge in [-0.05, 0) is 24.5 Å². The van der Waals surface area contributed by atoms with E-state index in [0.29, 0.717) is 24.9 Å². The zero-order valence-corrected chi connectivity index (χ0v) is 10.9. The Balaban J connectivity index is 1.88. The molecule has 2 unspecified atom stereocenters. The molecule has 1 N–H and O–H groups in total. The van der Waals surface area contributed by atoms with Crippen LogP contribution in [0, 0.1) is 0 Å². The van der Waals surface area contributed by atoms with Crippen LogP contribution in [0.1, 0.15) is 28.8 Å². The first kappa shape index (κ1) is 13.0. The number of nitrogens with zero attached hydrogens (tertiary/aromatic N) is 1. The van der Waals surface area contributed by atoms with Gasteiger partial charge >= 0.3 is 0 Å². The molecule has 3 rings (SSSR count). The maximum absolute atomic E-state index is 12.5. The minimum absolute atomic E-state index is 0.142. The van der Waals surface area contributed by atoms with Crippen LogP contribution in [-0.4, -0.2) is 46.2 Å². The Bertz CT molecular complexity index is 595. The second kappa shape index (κ2) is 4.83. The summed E-state index contributed by atoms with van der Waals surface area (Å²) in [6.07, 6.45) is -0.430. The molecule has 20 heavy (non-hydrogen) atoms. The average Bonchev–Trinajstić information content (AvgIpc) is 2.47. The number of amides is 1. The number of carbonyl (C=O) groups is 3. The SMILES string of the molecule is O=C1CCC(N2CCc3ccccc3C2=O)C(=O)C1O. The van der Waals surface area contributed by atoms with Gasteiger partial charge in [-0.3, -0.25) is 14.4 Å². The van der Waals surface area contributed by atoms with Crippen LogP contribution in [0.2, 0.25) is 0 Å². The highest BCUT2D eigenvalue weighted by Gasteiger charge is 2.41. The largest absolute Gasteiger partial charge is 0.377 e. The third-order valence-electron chi connectivity index (χ3n) is 4.07. The van der Waals surface area contributed by atoms with Crippen molar-refractivity contribution in [3.8, 4) is 0 Å². The monoisotopic (exact) mass is 273 g/mol. The molecule has 1 amide bonds. The summed E-state index contributed by atoms with van der Waals surface area (Å²) in [4.78, 5) is 37.3. The first-order chi connectivity index (χ1) is 9.59. The Hall–Kier alpha value is -2.01. The number of ketones is 2. The predicted molar refractivity (Wildman–Crippen MR) is 70.2 cm³/mol. The number of hydrogen-bond donors (Lipinski definition) is 1. The van der Waals surface area contributed by atoms with Crippen molar-refractivity contribution >= 4 is 17.5 Å². The van der Waals surface area contributed by atoms with Crippen molar-refractivity contribution in [2.75, 3.05) is 6.54 Å². The zero-order chi connectivity index (χ0) is 14.3. The first-order valence-corrected chi connectivity index (χ1v) is 6.73. The first-order valence-electron chi connectivity index (χ1n) is 6.73. The summed E-state index contributed by atoms with van der Waals surface area (Å²) >= 11 is 0. The number of fused-ring (bicyclic) bond motifs is 1. The Morgan fingerprint density at radius 2 is 1.85 bits per heavy atom. The molecule has 5 heteroatoms. The standard InChI is InChI=1S/C15H15NO4/c17-12-6-5-11(13(18)14(12)19)16-8-7-9-3-1-2-4-10(9)15(16)20/h1-4,11,14,19H,5-8H2. The lowest BCUT2D eigenvalue weighted by Gasteiger charge is -2.37. The molecule has 0 spiro atoms. The van der Waals surface area contributed by atoms with Gasteiger partial charge in [0.2, 0.25) is 0 Å². The van der Waals surface area contributed by atoms with Crippen molar-refractivity contribution in [3.05, 3.63) is 35.4 Å². The minimum atomic E-state index is -1.57.